The molecule has 2 aromatic rings. The highest BCUT2D eigenvalue weighted by atomic mass is 16.7. The number of hydrogen-bond acceptors (Lipinski definition) is 15. The van der Waals surface area contributed by atoms with Crippen molar-refractivity contribution in [3.63, 3.8) is 0 Å². The van der Waals surface area contributed by atoms with Crippen LogP contribution in [0.4, 0.5) is 0 Å². The van der Waals surface area contributed by atoms with E-state index in [2.05, 4.69) is 0 Å². The van der Waals surface area contributed by atoms with E-state index in [1.54, 1.807) is 0 Å². The molecule has 3 aliphatic heterocycles. The minimum atomic E-state index is -1.80. The van der Waals surface area contributed by atoms with E-state index < -0.39 is 80.4 Å². The number of aliphatic hydroxyl groups excluding tert-OH is 7. The van der Waals surface area contributed by atoms with Gasteiger partial charge in [0.15, 0.2) is 23.5 Å². The number of carbonyl (C=O) groups is 1. The van der Waals surface area contributed by atoms with E-state index in [0.717, 1.165) is 0 Å². The summed E-state index contributed by atoms with van der Waals surface area (Å²) < 4.78 is 27.7. The number of benzene rings is 2. The molecule has 228 valence electrons. The lowest BCUT2D eigenvalue weighted by molar-refractivity contribution is -0.352. The second-order valence-electron chi connectivity index (χ2n) is 9.97. The van der Waals surface area contributed by atoms with Crippen molar-refractivity contribution < 1.29 is 74.4 Å². The standard InChI is InChI=1S/C27H30O15/c28-8-17-20(33)21(34)23(36)27(40-17)42-25-18(9-29)41-26(24(37)22(25)35)38-11-2-3-12-15(7-11)39-16(19(12)32)6-10-1-4-13(30)14(31)5-10/h1-7,17-18,20-31,33-37H,8-9H2/b16-6-/t17-,18-,20-,21+,22-,23-,24-,25-,26-,27+/m1/s1. The minimum Gasteiger partial charge on any atom is -0.504 e. The second-order valence-corrected chi connectivity index (χ2v) is 9.97. The topological polar surface area (TPSA) is 245 Å². The van der Waals surface area contributed by atoms with Gasteiger partial charge in [0.25, 0.3) is 0 Å². The van der Waals surface area contributed by atoms with Crippen molar-refractivity contribution in [1.29, 1.82) is 0 Å². The van der Waals surface area contributed by atoms with Crippen molar-refractivity contribution in [2.75, 3.05) is 13.2 Å². The fourth-order valence-electron chi connectivity index (χ4n) is 4.81. The van der Waals surface area contributed by atoms with Gasteiger partial charge < -0.3 is 69.6 Å². The van der Waals surface area contributed by atoms with Crippen molar-refractivity contribution >= 4 is 11.9 Å². The third kappa shape index (κ3) is 5.67. The van der Waals surface area contributed by atoms with Gasteiger partial charge in [-0.05, 0) is 35.9 Å². The van der Waals surface area contributed by atoms with E-state index in [9.17, 15) is 50.8 Å². The molecule has 0 bridgehead atoms. The SMILES string of the molecule is O=C1/C(=C/c2ccc(O)c(O)c2)Oc2cc(O[C@@H]3O[C@H](CO)[C@@H](O[C@@H]4O[C@H](CO)[C@@H](O)[C@H](O)[C@H]4O)[C@H](O)[C@H]3O)ccc21. The highest BCUT2D eigenvalue weighted by molar-refractivity contribution is 6.14. The monoisotopic (exact) mass is 594 g/mol. The number of aliphatic hydroxyl groups is 7. The molecule has 0 unspecified atom stereocenters. The van der Waals surface area contributed by atoms with Crippen LogP contribution >= 0.6 is 0 Å². The summed E-state index contributed by atoms with van der Waals surface area (Å²) in [5, 5.41) is 90.2. The van der Waals surface area contributed by atoms with E-state index in [4.69, 9.17) is 23.7 Å². The van der Waals surface area contributed by atoms with Crippen molar-refractivity contribution in [1.82, 2.24) is 0 Å². The molecule has 10 atom stereocenters. The summed E-state index contributed by atoms with van der Waals surface area (Å²) in [5.41, 5.74) is 0.587. The van der Waals surface area contributed by atoms with Gasteiger partial charge in [0, 0.05) is 6.07 Å². The number of Topliss-reactive ketones (excluding diaryl/α,β-unsaturated/α-hetero) is 1. The molecule has 0 spiro atoms. The predicted molar refractivity (Wildman–Crippen MR) is 136 cm³/mol. The first-order chi connectivity index (χ1) is 20.0. The highest BCUT2D eigenvalue weighted by Crippen LogP contribution is 2.37. The van der Waals surface area contributed by atoms with Gasteiger partial charge in [-0.25, -0.2) is 0 Å². The fraction of sp³-hybridized carbons (Fsp3) is 0.444. The normalized spacial score (nSPS) is 35.6. The Morgan fingerprint density at radius 3 is 2.14 bits per heavy atom. The van der Waals surface area contributed by atoms with Crippen LogP contribution in [0.2, 0.25) is 0 Å². The van der Waals surface area contributed by atoms with E-state index in [1.807, 2.05) is 0 Å². The molecule has 15 nitrogen and oxygen atoms in total. The van der Waals surface area contributed by atoms with E-state index >= 15 is 0 Å². The average Bonchev–Trinajstić information content (AvgIpc) is 3.28. The molecule has 0 radical (unpaired) electrons. The van der Waals surface area contributed by atoms with Gasteiger partial charge in [-0.15, -0.1) is 0 Å². The van der Waals surface area contributed by atoms with Gasteiger partial charge in [0.2, 0.25) is 12.1 Å². The first-order valence-electron chi connectivity index (χ1n) is 12.9. The number of ether oxygens (including phenoxy) is 5. The molecule has 2 aromatic carbocycles. The Morgan fingerprint density at radius 1 is 0.762 bits per heavy atom. The lowest BCUT2D eigenvalue weighted by Crippen LogP contribution is -2.65. The highest BCUT2D eigenvalue weighted by Gasteiger charge is 2.51. The third-order valence-corrected chi connectivity index (χ3v) is 7.15. The Balaban J connectivity index is 1.28. The van der Waals surface area contributed by atoms with Crippen LogP contribution in [0.3, 0.4) is 0 Å². The van der Waals surface area contributed by atoms with E-state index in [-0.39, 0.29) is 34.3 Å². The molecule has 0 aromatic heterocycles. The van der Waals surface area contributed by atoms with Crippen LogP contribution in [0.1, 0.15) is 15.9 Å². The van der Waals surface area contributed by atoms with Gasteiger partial charge in [-0.3, -0.25) is 4.79 Å². The maximum absolute atomic E-state index is 12.8. The number of ketones is 1. The van der Waals surface area contributed by atoms with E-state index in [1.165, 1.54) is 42.5 Å². The average molecular weight is 595 g/mol. The first kappa shape index (κ1) is 30.1. The van der Waals surface area contributed by atoms with Gasteiger partial charge in [-0.1, -0.05) is 6.07 Å². The van der Waals surface area contributed by atoms with Crippen molar-refractivity contribution in [2.24, 2.45) is 0 Å². The van der Waals surface area contributed by atoms with Crippen LogP contribution < -0.4 is 9.47 Å². The zero-order valence-electron chi connectivity index (χ0n) is 21.7. The number of hydrogen-bond donors (Lipinski definition) is 9. The molecule has 15 heteroatoms. The maximum atomic E-state index is 12.8. The van der Waals surface area contributed by atoms with Crippen LogP contribution in [0.15, 0.2) is 42.2 Å². The molecule has 0 saturated carbocycles. The largest absolute Gasteiger partial charge is 0.504 e. The molecule has 2 fully saturated rings. The number of phenols is 2. The summed E-state index contributed by atoms with van der Waals surface area (Å²) in [6.45, 7) is -1.46. The zero-order valence-corrected chi connectivity index (χ0v) is 21.7. The van der Waals surface area contributed by atoms with Crippen molar-refractivity contribution in [3.05, 3.63) is 53.3 Å². The molecule has 42 heavy (non-hydrogen) atoms. The summed E-state index contributed by atoms with van der Waals surface area (Å²) in [4.78, 5) is 12.8. The molecule has 0 amide bonds. The Hall–Kier alpha value is -3.35. The number of rotatable bonds is 7. The number of aromatic hydroxyl groups is 2. The van der Waals surface area contributed by atoms with Crippen LogP contribution in [-0.2, 0) is 14.2 Å². The van der Waals surface area contributed by atoms with E-state index in [0.29, 0.717) is 5.56 Å². The van der Waals surface area contributed by atoms with Gasteiger partial charge in [-0.2, -0.15) is 0 Å². The number of carbonyl (C=O) groups excluding carboxylic acids is 1. The zero-order chi connectivity index (χ0) is 30.3. The molecule has 2 saturated heterocycles. The summed E-state index contributed by atoms with van der Waals surface area (Å²) in [6.07, 6.45) is -14.7. The lowest BCUT2D eigenvalue weighted by Gasteiger charge is -2.45. The lowest BCUT2D eigenvalue weighted by atomic mass is 9.97. The minimum absolute atomic E-state index is 0.0614. The summed E-state index contributed by atoms with van der Waals surface area (Å²) in [5.74, 6) is -1.05. The van der Waals surface area contributed by atoms with Gasteiger partial charge >= 0.3 is 0 Å². The quantitative estimate of drug-likeness (QED) is 0.121. The molecule has 0 aliphatic carbocycles. The Morgan fingerprint density at radius 2 is 1.45 bits per heavy atom. The first-order valence-corrected chi connectivity index (χ1v) is 12.9. The van der Waals surface area contributed by atoms with Crippen molar-refractivity contribution in [3.8, 4) is 23.0 Å². The molecule has 3 aliphatic rings. The summed E-state index contributed by atoms with van der Waals surface area (Å²) in [7, 11) is 0. The van der Waals surface area contributed by atoms with Crippen LogP contribution in [-0.4, -0.2) is 126 Å². The number of phenolic OH excluding ortho intramolecular Hbond substituents is 2. The third-order valence-electron chi connectivity index (χ3n) is 7.15. The number of allylic oxidation sites excluding steroid dienone is 1. The second kappa shape index (κ2) is 12.1. The Kier molecular flexibility index (Phi) is 8.68. The molecule has 9 N–H and O–H groups in total. The van der Waals surface area contributed by atoms with Crippen LogP contribution in [0.5, 0.6) is 23.0 Å². The maximum Gasteiger partial charge on any atom is 0.231 e. The Labute approximate surface area is 237 Å². The predicted octanol–water partition coefficient (Wildman–Crippen LogP) is -2.28. The van der Waals surface area contributed by atoms with Crippen LogP contribution in [0, 0.1) is 0 Å². The molecule has 3 heterocycles. The summed E-state index contributed by atoms with van der Waals surface area (Å²) >= 11 is 0. The molecular formula is C27H30O15. The van der Waals surface area contributed by atoms with Crippen LogP contribution in [0.25, 0.3) is 6.08 Å². The van der Waals surface area contributed by atoms with Crippen molar-refractivity contribution in [2.45, 2.75) is 61.4 Å². The molecular weight excluding hydrogens is 564 g/mol. The summed E-state index contributed by atoms with van der Waals surface area (Å²) in [6, 6.07) is 8.11. The number of fused-ring (bicyclic) bond motifs is 1. The molecule has 5 rings (SSSR count). The van der Waals surface area contributed by atoms with Gasteiger partial charge in [0.05, 0.1) is 18.8 Å². The van der Waals surface area contributed by atoms with Gasteiger partial charge in [0.1, 0.15) is 60.3 Å². The smallest absolute Gasteiger partial charge is 0.231 e. The Bertz CT molecular complexity index is 1330. The fourth-order valence-corrected chi connectivity index (χ4v) is 4.81.